The largest absolute Gasteiger partial charge is 0.496 e. The van der Waals surface area contributed by atoms with Crippen LogP contribution in [0.15, 0.2) is 29.4 Å². The lowest BCUT2D eigenvalue weighted by Crippen LogP contribution is -1.80. The number of hydrogen-bond acceptors (Lipinski definition) is 2. The summed E-state index contributed by atoms with van der Waals surface area (Å²) >= 11 is 0. The Kier molecular flexibility index (Phi) is 2.36. The molecule has 0 aliphatic heterocycles. The molecule has 0 N–H and O–H groups in total. The normalized spacial score (nSPS) is 8.45. The van der Waals surface area contributed by atoms with Gasteiger partial charge in [0.1, 0.15) is 5.75 Å². The van der Waals surface area contributed by atoms with Crippen molar-refractivity contribution >= 4 is 5.69 Å². The zero-order chi connectivity index (χ0) is 8.10. The van der Waals surface area contributed by atoms with Crippen LogP contribution in [-0.2, 0) is 0 Å². The highest BCUT2D eigenvalue weighted by Gasteiger charge is 1.95. The topological polar surface area (TPSA) is 58.0 Å². The molecular formula is C7H7N3O. The average Bonchev–Trinajstić information content (AvgIpc) is 2.06. The Bertz CT molecular complexity index is 291. The monoisotopic (exact) mass is 149 g/mol. The van der Waals surface area contributed by atoms with Crippen molar-refractivity contribution in [2.45, 2.75) is 0 Å². The van der Waals surface area contributed by atoms with E-state index in [-0.39, 0.29) is 0 Å². The summed E-state index contributed by atoms with van der Waals surface area (Å²) in [6, 6.07) is 7.03. The summed E-state index contributed by atoms with van der Waals surface area (Å²) in [7, 11) is 1.53. The van der Waals surface area contributed by atoms with E-state index in [0.29, 0.717) is 11.4 Å². The van der Waals surface area contributed by atoms with Crippen molar-refractivity contribution in [3.8, 4) is 5.75 Å². The molecule has 0 bridgehead atoms. The predicted octanol–water partition coefficient (Wildman–Crippen LogP) is 2.64. The van der Waals surface area contributed by atoms with E-state index < -0.39 is 0 Å². The van der Waals surface area contributed by atoms with E-state index in [1.807, 2.05) is 6.07 Å². The Morgan fingerprint density at radius 1 is 1.45 bits per heavy atom. The quantitative estimate of drug-likeness (QED) is 0.362. The van der Waals surface area contributed by atoms with Gasteiger partial charge in [0, 0.05) is 4.91 Å². The van der Waals surface area contributed by atoms with Crippen molar-refractivity contribution in [2.24, 2.45) is 5.11 Å². The van der Waals surface area contributed by atoms with Gasteiger partial charge in [0.15, 0.2) is 0 Å². The zero-order valence-corrected chi connectivity index (χ0v) is 6.06. The molecule has 4 nitrogen and oxygen atoms in total. The first-order valence-corrected chi connectivity index (χ1v) is 3.06. The molecule has 11 heavy (non-hydrogen) atoms. The summed E-state index contributed by atoms with van der Waals surface area (Å²) in [5.41, 5.74) is 8.65. The van der Waals surface area contributed by atoms with E-state index in [4.69, 9.17) is 10.3 Å². The van der Waals surface area contributed by atoms with Crippen LogP contribution in [0.5, 0.6) is 5.75 Å². The molecule has 4 heteroatoms. The van der Waals surface area contributed by atoms with Crippen LogP contribution >= 0.6 is 0 Å². The van der Waals surface area contributed by atoms with Crippen LogP contribution in [-0.4, -0.2) is 7.11 Å². The van der Waals surface area contributed by atoms with Gasteiger partial charge in [-0.2, -0.15) is 0 Å². The maximum absolute atomic E-state index is 8.14. The summed E-state index contributed by atoms with van der Waals surface area (Å²) in [5, 5.41) is 3.43. The summed E-state index contributed by atoms with van der Waals surface area (Å²) in [6.07, 6.45) is 0. The third-order valence-corrected chi connectivity index (χ3v) is 1.24. The molecule has 0 aliphatic carbocycles. The Morgan fingerprint density at radius 2 is 2.18 bits per heavy atom. The first-order chi connectivity index (χ1) is 5.38. The molecule has 0 radical (unpaired) electrons. The van der Waals surface area contributed by atoms with Crippen LogP contribution in [0.2, 0.25) is 0 Å². The molecule has 1 aromatic rings. The average molecular weight is 149 g/mol. The lowest BCUT2D eigenvalue weighted by Gasteiger charge is -2.00. The predicted molar refractivity (Wildman–Crippen MR) is 41.8 cm³/mol. The first-order valence-electron chi connectivity index (χ1n) is 3.06. The number of hydrogen-bond donors (Lipinski definition) is 0. The molecule has 0 aliphatic rings. The zero-order valence-electron chi connectivity index (χ0n) is 6.06. The van der Waals surface area contributed by atoms with Crippen molar-refractivity contribution in [3.63, 3.8) is 0 Å². The highest BCUT2D eigenvalue weighted by Crippen LogP contribution is 2.25. The van der Waals surface area contributed by atoms with Crippen LogP contribution in [0.25, 0.3) is 10.4 Å². The Hall–Kier alpha value is -1.67. The van der Waals surface area contributed by atoms with Crippen LogP contribution < -0.4 is 4.74 Å². The first kappa shape index (κ1) is 7.44. The number of rotatable bonds is 2. The lowest BCUT2D eigenvalue weighted by atomic mass is 10.3. The molecular weight excluding hydrogens is 142 g/mol. The standard InChI is InChI=1S/C7H7N3O/c1-11-7-5-3-2-4-6(7)9-10-8/h2-5H,1H3. The fourth-order valence-electron chi connectivity index (χ4n) is 0.761. The van der Waals surface area contributed by atoms with Crippen molar-refractivity contribution in [3.05, 3.63) is 34.7 Å². The molecule has 0 amide bonds. The number of methoxy groups -OCH3 is 1. The van der Waals surface area contributed by atoms with Gasteiger partial charge in [-0.25, -0.2) is 0 Å². The SMILES string of the molecule is COc1ccccc1N=[N+]=[N-]. The molecule has 0 unspecified atom stereocenters. The molecule has 0 saturated heterocycles. The van der Waals surface area contributed by atoms with Crippen molar-refractivity contribution in [2.75, 3.05) is 7.11 Å². The van der Waals surface area contributed by atoms with E-state index in [1.54, 1.807) is 18.2 Å². The molecule has 0 atom stereocenters. The van der Waals surface area contributed by atoms with E-state index in [1.165, 1.54) is 7.11 Å². The second-order valence-electron chi connectivity index (χ2n) is 1.86. The maximum Gasteiger partial charge on any atom is 0.128 e. The molecule has 0 saturated carbocycles. The van der Waals surface area contributed by atoms with Gasteiger partial charge in [-0.05, 0) is 17.7 Å². The number of azide groups is 1. The van der Waals surface area contributed by atoms with Gasteiger partial charge in [-0.1, -0.05) is 17.2 Å². The second-order valence-corrected chi connectivity index (χ2v) is 1.86. The van der Waals surface area contributed by atoms with Crippen molar-refractivity contribution < 1.29 is 4.74 Å². The van der Waals surface area contributed by atoms with Crippen LogP contribution in [0, 0.1) is 0 Å². The third-order valence-electron chi connectivity index (χ3n) is 1.24. The molecule has 0 fully saturated rings. The van der Waals surface area contributed by atoms with E-state index in [9.17, 15) is 0 Å². The minimum atomic E-state index is 0.512. The van der Waals surface area contributed by atoms with Gasteiger partial charge in [0.25, 0.3) is 0 Å². The molecule has 56 valence electrons. The Labute approximate surface area is 64.0 Å². The highest BCUT2D eigenvalue weighted by molar-refractivity contribution is 5.50. The molecule has 1 rings (SSSR count). The second kappa shape index (κ2) is 3.49. The van der Waals surface area contributed by atoms with Gasteiger partial charge in [0.2, 0.25) is 0 Å². The fraction of sp³-hybridized carbons (Fsp3) is 0.143. The lowest BCUT2D eigenvalue weighted by molar-refractivity contribution is 0.416. The van der Waals surface area contributed by atoms with Crippen molar-refractivity contribution in [1.82, 2.24) is 0 Å². The third kappa shape index (κ3) is 1.63. The fourth-order valence-corrected chi connectivity index (χ4v) is 0.761. The van der Waals surface area contributed by atoms with E-state index in [2.05, 4.69) is 10.0 Å². The summed E-state index contributed by atoms with van der Waals surface area (Å²) in [5.74, 6) is 0.588. The van der Waals surface area contributed by atoms with E-state index >= 15 is 0 Å². The summed E-state index contributed by atoms with van der Waals surface area (Å²) in [4.78, 5) is 2.66. The van der Waals surface area contributed by atoms with Gasteiger partial charge < -0.3 is 4.74 Å². The number of para-hydroxylation sites is 1. The van der Waals surface area contributed by atoms with Gasteiger partial charge in [-0.3, -0.25) is 0 Å². The Morgan fingerprint density at radius 3 is 2.82 bits per heavy atom. The Balaban J connectivity index is 3.11. The molecule has 0 spiro atoms. The molecule has 1 aromatic carbocycles. The summed E-state index contributed by atoms with van der Waals surface area (Å²) in [6.45, 7) is 0. The minimum absolute atomic E-state index is 0.512. The van der Waals surface area contributed by atoms with Crippen LogP contribution in [0.1, 0.15) is 0 Å². The molecule has 0 aromatic heterocycles. The minimum Gasteiger partial charge on any atom is -0.496 e. The summed E-state index contributed by atoms with van der Waals surface area (Å²) < 4.78 is 4.93. The number of benzene rings is 1. The van der Waals surface area contributed by atoms with Crippen molar-refractivity contribution in [1.29, 1.82) is 0 Å². The van der Waals surface area contributed by atoms with Gasteiger partial charge in [0.05, 0.1) is 12.8 Å². The van der Waals surface area contributed by atoms with E-state index in [0.717, 1.165) is 0 Å². The highest BCUT2D eigenvalue weighted by atomic mass is 16.5. The van der Waals surface area contributed by atoms with Gasteiger partial charge in [-0.15, -0.1) is 0 Å². The number of nitrogens with zero attached hydrogens (tertiary/aromatic N) is 3. The molecule has 0 heterocycles. The van der Waals surface area contributed by atoms with Gasteiger partial charge >= 0.3 is 0 Å². The number of ether oxygens (including phenoxy) is 1. The van der Waals surface area contributed by atoms with Crippen LogP contribution in [0.4, 0.5) is 5.69 Å². The maximum atomic E-state index is 8.14. The van der Waals surface area contributed by atoms with Crippen LogP contribution in [0.3, 0.4) is 0 Å². The smallest absolute Gasteiger partial charge is 0.128 e.